The van der Waals surface area contributed by atoms with Gasteiger partial charge in [-0.25, -0.2) is 0 Å². The Balaban J connectivity index is 2.59. The van der Waals surface area contributed by atoms with E-state index in [9.17, 15) is 14.9 Å². The number of nitro benzene ring substituents is 1. The minimum absolute atomic E-state index is 0.0177. The first kappa shape index (κ1) is 11.4. The summed E-state index contributed by atoms with van der Waals surface area (Å²) >= 11 is 0. The Morgan fingerprint density at radius 3 is 2.68 bits per heavy atom. The van der Waals surface area contributed by atoms with Crippen LogP contribution < -0.4 is 5.56 Å². The molecule has 0 saturated heterocycles. The highest BCUT2D eigenvalue weighted by Gasteiger charge is 2.11. The van der Waals surface area contributed by atoms with E-state index in [4.69, 9.17) is 0 Å². The lowest BCUT2D eigenvalue weighted by molar-refractivity contribution is -0.384. The minimum atomic E-state index is -0.436. The van der Waals surface area contributed by atoms with E-state index in [0.29, 0.717) is 16.3 Å². The summed E-state index contributed by atoms with van der Waals surface area (Å²) in [6.07, 6.45) is 0. The standard InChI is InChI=1S/C14H10N2O3/c1-8-3-2-4-10-13(8)11-7-9(16(18)19)5-6-12(11)15-14(10)17/h2-7H,1H3,(H,15,17). The van der Waals surface area contributed by atoms with Crippen molar-refractivity contribution in [3.05, 3.63) is 62.4 Å². The van der Waals surface area contributed by atoms with Gasteiger partial charge in [0.2, 0.25) is 0 Å². The predicted octanol–water partition coefficient (Wildman–Crippen LogP) is 2.90. The molecule has 2 aromatic carbocycles. The zero-order chi connectivity index (χ0) is 13.6. The topological polar surface area (TPSA) is 76.0 Å². The SMILES string of the molecule is Cc1cccc2c(=O)[nH]c3ccc([N+](=O)[O-])cc3c12. The van der Waals surface area contributed by atoms with E-state index in [-0.39, 0.29) is 11.2 Å². The molecule has 1 heterocycles. The molecule has 3 rings (SSSR count). The van der Waals surface area contributed by atoms with Crippen molar-refractivity contribution in [1.82, 2.24) is 4.98 Å². The largest absolute Gasteiger partial charge is 0.321 e. The van der Waals surface area contributed by atoms with Gasteiger partial charge in [0, 0.05) is 28.4 Å². The van der Waals surface area contributed by atoms with Crippen molar-refractivity contribution in [2.45, 2.75) is 6.92 Å². The van der Waals surface area contributed by atoms with Crippen LogP contribution in [0.25, 0.3) is 21.7 Å². The van der Waals surface area contributed by atoms with Gasteiger partial charge in [0.05, 0.1) is 4.92 Å². The molecule has 0 bridgehead atoms. The van der Waals surface area contributed by atoms with Gasteiger partial charge in [-0.2, -0.15) is 0 Å². The Morgan fingerprint density at radius 1 is 1.16 bits per heavy atom. The number of pyridine rings is 1. The lowest BCUT2D eigenvalue weighted by Gasteiger charge is -2.06. The fourth-order valence-corrected chi connectivity index (χ4v) is 2.37. The van der Waals surface area contributed by atoms with Crippen LogP contribution in [0, 0.1) is 17.0 Å². The van der Waals surface area contributed by atoms with E-state index in [0.717, 1.165) is 10.9 Å². The number of nitro groups is 1. The molecule has 3 aromatic rings. The molecule has 0 atom stereocenters. The highest BCUT2D eigenvalue weighted by Crippen LogP contribution is 2.27. The van der Waals surface area contributed by atoms with Crippen molar-refractivity contribution < 1.29 is 4.92 Å². The number of nitrogens with zero attached hydrogens (tertiary/aromatic N) is 1. The van der Waals surface area contributed by atoms with Crippen molar-refractivity contribution in [3.8, 4) is 0 Å². The summed E-state index contributed by atoms with van der Waals surface area (Å²) in [5, 5.41) is 12.9. The van der Waals surface area contributed by atoms with Crippen LogP contribution in [0.5, 0.6) is 0 Å². The highest BCUT2D eigenvalue weighted by molar-refractivity contribution is 6.07. The molecule has 0 radical (unpaired) electrons. The van der Waals surface area contributed by atoms with Crippen LogP contribution in [0.15, 0.2) is 41.2 Å². The smallest absolute Gasteiger partial charge is 0.270 e. The number of aryl methyl sites for hydroxylation is 1. The molecule has 19 heavy (non-hydrogen) atoms. The molecule has 0 spiro atoms. The van der Waals surface area contributed by atoms with Crippen LogP contribution >= 0.6 is 0 Å². The van der Waals surface area contributed by atoms with Crippen molar-refractivity contribution in [2.24, 2.45) is 0 Å². The molecule has 1 aromatic heterocycles. The Bertz CT molecular complexity index is 881. The van der Waals surface area contributed by atoms with Crippen LogP contribution in [-0.2, 0) is 0 Å². The van der Waals surface area contributed by atoms with Crippen LogP contribution in [0.1, 0.15) is 5.56 Å². The Kier molecular flexibility index (Phi) is 2.35. The molecule has 0 amide bonds. The molecule has 0 aliphatic carbocycles. The quantitative estimate of drug-likeness (QED) is 0.412. The van der Waals surface area contributed by atoms with Crippen molar-refractivity contribution >= 4 is 27.4 Å². The number of fused-ring (bicyclic) bond motifs is 3. The molecule has 0 fully saturated rings. The predicted molar refractivity (Wildman–Crippen MR) is 73.5 cm³/mol. The number of hydrogen-bond donors (Lipinski definition) is 1. The minimum Gasteiger partial charge on any atom is -0.321 e. The third-order valence-electron chi connectivity index (χ3n) is 3.25. The van der Waals surface area contributed by atoms with E-state index >= 15 is 0 Å². The van der Waals surface area contributed by atoms with Crippen LogP contribution in [0.3, 0.4) is 0 Å². The molecule has 5 heteroatoms. The number of non-ortho nitro benzene ring substituents is 1. The molecular weight excluding hydrogens is 244 g/mol. The Hall–Kier alpha value is -2.69. The Morgan fingerprint density at radius 2 is 1.95 bits per heavy atom. The summed E-state index contributed by atoms with van der Waals surface area (Å²) in [4.78, 5) is 25.2. The summed E-state index contributed by atoms with van der Waals surface area (Å²) in [6, 6.07) is 9.87. The van der Waals surface area contributed by atoms with Crippen LogP contribution in [-0.4, -0.2) is 9.91 Å². The van der Waals surface area contributed by atoms with E-state index in [2.05, 4.69) is 4.98 Å². The number of aromatic amines is 1. The molecule has 0 aliphatic heterocycles. The zero-order valence-electron chi connectivity index (χ0n) is 10.1. The second-order valence-electron chi connectivity index (χ2n) is 4.44. The summed E-state index contributed by atoms with van der Waals surface area (Å²) in [5.41, 5.74) is 1.37. The average molecular weight is 254 g/mol. The third kappa shape index (κ3) is 1.67. The number of rotatable bonds is 1. The summed E-state index contributed by atoms with van der Waals surface area (Å²) in [5.74, 6) is 0. The number of aromatic nitrogens is 1. The Labute approximate surface area is 107 Å². The first-order valence-electron chi connectivity index (χ1n) is 5.77. The molecule has 1 N–H and O–H groups in total. The monoisotopic (exact) mass is 254 g/mol. The summed E-state index contributed by atoms with van der Waals surface area (Å²) < 4.78 is 0. The maximum Gasteiger partial charge on any atom is 0.270 e. The van der Waals surface area contributed by atoms with Gasteiger partial charge >= 0.3 is 0 Å². The molecule has 0 unspecified atom stereocenters. The molecule has 0 saturated carbocycles. The van der Waals surface area contributed by atoms with E-state index in [1.165, 1.54) is 12.1 Å². The first-order chi connectivity index (χ1) is 9.08. The summed E-state index contributed by atoms with van der Waals surface area (Å²) in [6.45, 7) is 1.89. The van der Waals surface area contributed by atoms with Gasteiger partial charge in [0.15, 0.2) is 0 Å². The summed E-state index contributed by atoms with van der Waals surface area (Å²) in [7, 11) is 0. The lowest BCUT2D eigenvalue weighted by Crippen LogP contribution is -2.07. The van der Waals surface area contributed by atoms with Gasteiger partial charge < -0.3 is 4.98 Å². The van der Waals surface area contributed by atoms with Gasteiger partial charge in [0.25, 0.3) is 11.2 Å². The first-order valence-corrected chi connectivity index (χ1v) is 5.77. The average Bonchev–Trinajstić information content (AvgIpc) is 2.38. The van der Waals surface area contributed by atoms with Crippen LogP contribution in [0.4, 0.5) is 5.69 Å². The van der Waals surface area contributed by atoms with Crippen molar-refractivity contribution in [1.29, 1.82) is 0 Å². The van der Waals surface area contributed by atoms with E-state index < -0.39 is 4.92 Å². The van der Waals surface area contributed by atoms with Crippen molar-refractivity contribution in [3.63, 3.8) is 0 Å². The van der Waals surface area contributed by atoms with E-state index in [1.54, 1.807) is 18.2 Å². The van der Waals surface area contributed by atoms with Gasteiger partial charge in [-0.3, -0.25) is 14.9 Å². The number of nitrogens with one attached hydrogen (secondary N) is 1. The zero-order valence-corrected chi connectivity index (χ0v) is 10.1. The lowest BCUT2D eigenvalue weighted by atomic mass is 10.0. The fraction of sp³-hybridized carbons (Fsp3) is 0.0714. The van der Waals surface area contributed by atoms with Gasteiger partial charge in [-0.15, -0.1) is 0 Å². The van der Waals surface area contributed by atoms with Crippen molar-refractivity contribution in [2.75, 3.05) is 0 Å². The second-order valence-corrected chi connectivity index (χ2v) is 4.44. The number of H-pyrrole nitrogens is 1. The second kappa shape index (κ2) is 3.91. The highest BCUT2D eigenvalue weighted by atomic mass is 16.6. The number of hydrogen-bond acceptors (Lipinski definition) is 3. The van der Waals surface area contributed by atoms with Gasteiger partial charge in [-0.1, -0.05) is 12.1 Å². The van der Waals surface area contributed by atoms with Gasteiger partial charge in [-0.05, 0) is 30.0 Å². The maximum atomic E-state index is 12.0. The normalized spacial score (nSPS) is 11.0. The molecular formula is C14H10N2O3. The van der Waals surface area contributed by atoms with Gasteiger partial charge in [0.1, 0.15) is 0 Å². The van der Waals surface area contributed by atoms with Crippen LogP contribution in [0.2, 0.25) is 0 Å². The molecule has 94 valence electrons. The number of benzene rings is 2. The molecule has 0 aliphatic rings. The van der Waals surface area contributed by atoms with E-state index in [1.807, 2.05) is 13.0 Å². The third-order valence-corrected chi connectivity index (χ3v) is 3.25. The maximum absolute atomic E-state index is 12.0. The fourth-order valence-electron chi connectivity index (χ4n) is 2.37. The molecule has 5 nitrogen and oxygen atoms in total.